The molecule has 0 unspecified atom stereocenters. The molecule has 4 rings (SSSR count). The number of aromatic nitrogens is 5. The molecule has 0 saturated heterocycles. The molecular weight excluding hydrogens is 362 g/mol. The van der Waals surface area contributed by atoms with Crippen molar-refractivity contribution in [2.24, 2.45) is 0 Å². The van der Waals surface area contributed by atoms with E-state index < -0.39 is 5.82 Å². The zero-order valence-electron chi connectivity index (χ0n) is 15.4. The van der Waals surface area contributed by atoms with Crippen molar-refractivity contribution in [2.45, 2.75) is 6.54 Å². The summed E-state index contributed by atoms with van der Waals surface area (Å²) in [6, 6.07) is 9.22. The number of nitrogens with one attached hydrogen (secondary N) is 2. The molecule has 2 heterocycles. The van der Waals surface area contributed by atoms with Crippen LogP contribution in [0.1, 0.15) is 17.1 Å². The van der Waals surface area contributed by atoms with E-state index in [0.717, 1.165) is 10.9 Å². The van der Waals surface area contributed by atoms with Gasteiger partial charge in [0.05, 0.1) is 23.3 Å². The van der Waals surface area contributed by atoms with E-state index in [0.29, 0.717) is 35.0 Å². The van der Waals surface area contributed by atoms with Gasteiger partial charge in [0.15, 0.2) is 5.82 Å². The largest absolute Gasteiger partial charge is 0.324 e. The lowest BCUT2D eigenvalue weighted by atomic mass is 10.1. The fraction of sp³-hybridized carbons (Fsp3) is 0.150. The topological polar surface area (TPSA) is 73.5 Å². The van der Waals surface area contributed by atoms with Crippen LogP contribution in [0.15, 0.2) is 36.4 Å². The van der Waals surface area contributed by atoms with Gasteiger partial charge in [-0.2, -0.15) is 5.10 Å². The van der Waals surface area contributed by atoms with Crippen LogP contribution >= 0.6 is 0 Å². The van der Waals surface area contributed by atoms with Crippen LogP contribution in [0.4, 0.5) is 8.78 Å². The van der Waals surface area contributed by atoms with Gasteiger partial charge in [0.2, 0.25) is 0 Å². The Morgan fingerprint density at radius 2 is 1.82 bits per heavy atom. The first-order valence-electron chi connectivity index (χ1n) is 8.67. The molecule has 0 fully saturated rings. The smallest absolute Gasteiger partial charge is 0.164 e. The monoisotopic (exact) mass is 380 g/mol. The molecule has 0 aliphatic rings. The summed E-state index contributed by atoms with van der Waals surface area (Å²) in [5.41, 5.74) is 2.38. The summed E-state index contributed by atoms with van der Waals surface area (Å²) in [4.78, 5) is 5.00. The second kappa shape index (κ2) is 7.32. The summed E-state index contributed by atoms with van der Waals surface area (Å²) in [5.74, 6) is 0.315. The molecule has 0 saturated carbocycles. The number of nitrogens with zero attached hydrogens (tertiary/aromatic N) is 4. The maximum absolute atomic E-state index is 14.6. The van der Waals surface area contributed by atoms with Gasteiger partial charge in [-0.3, -0.25) is 5.10 Å². The lowest BCUT2D eigenvalue weighted by Gasteiger charge is -2.05. The van der Waals surface area contributed by atoms with Gasteiger partial charge in [0.1, 0.15) is 17.5 Å². The normalized spacial score (nSPS) is 11.9. The number of H-pyrrole nitrogens is 2. The van der Waals surface area contributed by atoms with Crippen molar-refractivity contribution in [3.8, 4) is 11.4 Å². The molecule has 0 bridgehead atoms. The summed E-state index contributed by atoms with van der Waals surface area (Å²) >= 11 is 0. The predicted octanol–water partition coefficient (Wildman–Crippen LogP) is 3.86. The van der Waals surface area contributed by atoms with Crippen LogP contribution in [-0.2, 0) is 6.54 Å². The molecule has 28 heavy (non-hydrogen) atoms. The van der Waals surface area contributed by atoms with E-state index in [4.69, 9.17) is 0 Å². The van der Waals surface area contributed by atoms with E-state index in [1.165, 1.54) is 18.2 Å². The molecule has 6 nitrogen and oxygen atoms in total. The van der Waals surface area contributed by atoms with Gasteiger partial charge in [0, 0.05) is 11.5 Å². The van der Waals surface area contributed by atoms with Crippen molar-refractivity contribution in [1.29, 1.82) is 0 Å². The fourth-order valence-corrected chi connectivity index (χ4v) is 2.90. The molecule has 0 atom stereocenters. The number of hydrogen-bond donors (Lipinski definition) is 2. The Balaban J connectivity index is 1.69. The number of hydrogen-bond acceptors (Lipinski definition) is 4. The van der Waals surface area contributed by atoms with Crippen LogP contribution in [0.25, 0.3) is 34.4 Å². The van der Waals surface area contributed by atoms with Crippen molar-refractivity contribution in [1.82, 2.24) is 30.3 Å². The van der Waals surface area contributed by atoms with Gasteiger partial charge < -0.3 is 9.88 Å². The third-order valence-corrected chi connectivity index (χ3v) is 4.24. The summed E-state index contributed by atoms with van der Waals surface area (Å²) in [5, 5.41) is 16.0. The number of benzene rings is 2. The Labute approximate surface area is 159 Å². The number of fused-ring (bicyclic) bond motifs is 1. The van der Waals surface area contributed by atoms with Gasteiger partial charge in [-0.1, -0.05) is 18.2 Å². The maximum atomic E-state index is 14.6. The van der Waals surface area contributed by atoms with Gasteiger partial charge in [-0.05, 0) is 43.9 Å². The maximum Gasteiger partial charge on any atom is 0.164 e. The van der Waals surface area contributed by atoms with Crippen LogP contribution in [0, 0.1) is 11.6 Å². The Hall–Kier alpha value is -3.39. The Kier molecular flexibility index (Phi) is 4.70. The van der Waals surface area contributed by atoms with Crippen molar-refractivity contribution < 1.29 is 8.78 Å². The van der Waals surface area contributed by atoms with Gasteiger partial charge >= 0.3 is 0 Å². The highest BCUT2D eigenvalue weighted by molar-refractivity contribution is 5.92. The van der Waals surface area contributed by atoms with Crippen LogP contribution in [0.2, 0.25) is 0 Å². The average molecular weight is 380 g/mol. The predicted molar refractivity (Wildman–Crippen MR) is 104 cm³/mol. The third kappa shape index (κ3) is 3.67. The summed E-state index contributed by atoms with van der Waals surface area (Å²) in [7, 11) is 3.83. The van der Waals surface area contributed by atoms with Crippen molar-refractivity contribution >= 4 is 23.1 Å². The first-order valence-corrected chi connectivity index (χ1v) is 8.67. The molecule has 2 aromatic carbocycles. The van der Waals surface area contributed by atoms with Gasteiger partial charge in [-0.25, -0.2) is 8.78 Å². The molecule has 142 valence electrons. The highest BCUT2D eigenvalue weighted by atomic mass is 19.1. The molecule has 4 aromatic rings. The van der Waals surface area contributed by atoms with Crippen LogP contribution in [0.5, 0.6) is 0 Å². The Morgan fingerprint density at radius 1 is 1.04 bits per heavy atom. The van der Waals surface area contributed by atoms with Crippen LogP contribution < -0.4 is 0 Å². The molecular formula is C20H18F2N6. The molecule has 0 amide bonds. The summed E-state index contributed by atoms with van der Waals surface area (Å²) in [6.45, 7) is 0.578. The minimum Gasteiger partial charge on any atom is -0.324 e. The molecule has 2 aromatic heterocycles. The van der Waals surface area contributed by atoms with Crippen molar-refractivity contribution in [3.63, 3.8) is 0 Å². The Bertz CT molecular complexity index is 1140. The number of aromatic amines is 2. The lowest BCUT2D eigenvalue weighted by Crippen LogP contribution is -2.11. The van der Waals surface area contributed by atoms with Crippen molar-refractivity contribution in [3.05, 3.63) is 65.1 Å². The van der Waals surface area contributed by atoms with Crippen LogP contribution in [-0.4, -0.2) is 44.4 Å². The van der Waals surface area contributed by atoms with E-state index in [2.05, 4.69) is 25.4 Å². The second-order valence-electron chi connectivity index (χ2n) is 6.73. The minimum atomic E-state index is -0.419. The first kappa shape index (κ1) is 18.0. The molecule has 0 aliphatic carbocycles. The Morgan fingerprint density at radius 3 is 2.57 bits per heavy atom. The number of halogens is 2. The molecule has 0 spiro atoms. The minimum absolute atomic E-state index is 0.289. The quantitative estimate of drug-likeness (QED) is 0.551. The summed E-state index contributed by atoms with van der Waals surface area (Å²) < 4.78 is 27.6. The molecule has 8 heteroatoms. The fourth-order valence-electron chi connectivity index (χ4n) is 2.90. The van der Waals surface area contributed by atoms with E-state index in [-0.39, 0.29) is 5.82 Å². The van der Waals surface area contributed by atoms with Crippen LogP contribution in [0.3, 0.4) is 0 Å². The SMILES string of the molecule is CN(C)Cc1nnc(-c2cc3c(C=Cc4ccc(F)cc4)n[nH]c3cc2F)[nH]1. The average Bonchev–Trinajstić information content (AvgIpc) is 3.26. The highest BCUT2D eigenvalue weighted by Crippen LogP contribution is 2.27. The molecule has 0 radical (unpaired) electrons. The highest BCUT2D eigenvalue weighted by Gasteiger charge is 2.15. The van der Waals surface area contributed by atoms with Crippen molar-refractivity contribution in [2.75, 3.05) is 14.1 Å². The standard InChI is InChI=1S/C20H18F2N6/c1-28(2)11-19-23-20(27-26-19)14-9-15-17(24-25-18(15)10-16(14)22)8-5-12-3-6-13(21)7-4-12/h3-10H,11H2,1-2H3,(H,24,25)(H,23,26,27). The lowest BCUT2D eigenvalue weighted by molar-refractivity contribution is 0.391. The van der Waals surface area contributed by atoms with E-state index in [9.17, 15) is 8.78 Å². The first-order chi connectivity index (χ1) is 13.5. The number of rotatable bonds is 5. The van der Waals surface area contributed by atoms with E-state index in [1.807, 2.05) is 25.1 Å². The van der Waals surface area contributed by atoms with Gasteiger partial charge in [0.25, 0.3) is 0 Å². The third-order valence-electron chi connectivity index (χ3n) is 4.24. The molecule has 0 aliphatic heterocycles. The summed E-state index contributed by atoms with van der Waals surface area (Å²) in [6.07, 6.45) is 3.62. The zero-order chi connectivity index (χ0) is 19.7. The molecule has 2 N–H and O–H groups in total. The van der Waals surface area contributed by atoms with E-state index >= 15 is 0 Å². The van der Waals surface area contributed by atoms with Gasteiger partial charge in [-0.15, -0.1) is 10.2 Å². The zero-order valence-corrected chi connectivity index (χ0v) is 15.4. The second-order valence-corrected chi connectivity index (χ2v) is 6.73. The van der Waals surface area contributed by atoms with E-state index in [1.54, 1.807) is 24.3 Å².